The fourth-order valence-electron chi connectivity index (χ4n) is 1.38. The first-order valence-electron chi connectivity index (χ1n) is 5.47. The fraction of sp³-hybridized carbons (Fsp3) is 0. The molecule has 0 bridgehead atoms. The normalized spacial score (nSPS) is 11.8. The fourth-order valence-corrected chi connectivity index (χ4v) is 3.60. The maximum Gasteiger partial charge on any atom is 0.200 e. The Labute approximate surface area is 125 Å². The van der Waals surface area contributed by atoms with Crippen LogP contribution in [0.15, 0.2) is 79.7 Å². The van der Waals surface area contributed by atoms with Crippen molar-refractivity contribution in [3.63, 3.8) is 0 Å². The molecular weight excluding hydrogens is 344 g/mol. The second-order valence-corrected chi connectivity index (χ2v) is 7.43. The Kier molecular flexibility index (Phi) is 4.85. The third kappa shape index (κ3) is 4.23. The molecule has 0 unspecified atom stereocenters. The molecule has 5 heteroatoms. The lowest BCUT2D eigenvalue weighted by molar-refractivity contribution is 0.604. The summed E-state index contributed by atoms with van der Waals surface area (Å²) in [4.78, 5) is 1.30. The topological polar surface area (TPSA) is 34.1 Å². The summed E-state index contributed by atoms with van der Waals surface area (Å²) in [5, 5.41) is 2.82. The second kappa shape index (κ2) is 6.41. The number of rotatable bonds is 4. The summed E-state index contributed by atoms with van der Waals surface area (Å²) >= 11 is 4.72. The average Bonchev–Trinajstić information content (AvgIpc) is 2.42. The van der Waals surface area contributed by atoms with Crippen molar-refractivity contribution in [1.29, 1.82) is 0 Å². The molecule has 0 heterocycles. The molecule has 2 aromatic rings. The highest BCUT2D eigenvalue weighted by molar-refractivity contribution is 9.10. The predicted octanol–water partition coefficient (Wildman–Crippen LogP) is 4.49. The van der Waals surface area contributed by atoms with Gasteiger partial charge in [0, 0.05) is 14.8 Å². The molecule has 2 nitrogen and oxygen atoms in total. The molecule has 2 rings (SSSR count). The number of sulfone groups is 1. The predicted molar refractivity (Wildman–Crippen MR) is 82.8 cm³/mol. The Morgan fingerprint density at radius 2 is 1.58 bits per heavy atom. The molecule has 0 radical (unpaired) electrons. The molecule has 0 aliphatic heterocycles. The molecule has 0 amide bonds. The molecule has 0 atom stereocenters. The van der Waals surface area contributed by atoms with Crippen molar-refractivity contribution in [3.05, 3.63) is 69.9 Å². The van der Waals surface area contributed by atoms with E-state index < -0.39 is 9.84 Å². The highest BCUT2D eigenvalue weighted by atomic mass is 79.9. The Hall–Kier alpha value is -1.04. The second-order valence-electron chi connectivity index (χ2n) is 3.70. The van der Waals surface area contributed by atoms with Crippen molar-refractivity contribution >= 4 is 37.5 Å². The highest BCUT2D eigenvalue weighted by Gasteiger charge is 2.08. The summed E-state index contributed by atoms with van der Waals surface area (Å²) in [5.41, 5.74) is 0. The van der Waals surface area contributed by atoms with Gasteiger partial charge in [0.15, 0.2) is 9.84 Å². The van der Waals surface area contributed by atoms with Gasteiger partial charge in [-0.15, -0.1) is 0 Å². The Morgan fingerprint density at radius 1 is 0.947 bits per heavy atom. The van der Waals surface area contributed by atoms with Crippen molar-refractivity contribution in [2.24, 2.45) is 0 Å². The first-order chi connectivity index (χ1) is 9.08. The zero-order valence-corrected chi connectivity index (χ0v) is 13.1. The van der Waals surface area contributed by atoms with Crippen LogP contribution in [0.2, 0.25) is 0 Å². The number of hydrogen-bond donors (Lipinski definition) is 0. The smallest absolute Gasteiger partial charge is 0.200 e. The van der Waals surface area contributed by atoms with Gasteiger partial charge in [-0.2, -0.15) is 0 Å². The van der Waals surface area contributed by atoms with E-state index in [0.29, 0.717) is 4.90 Å². The molecule has 2 aromatic carbocycles. The van der Waals surface area contributed by atoms with Gasteiger partial charge >= 0.3 is 0 Å². The summed E-state index contributed by atoms with van der Waals surface area (Å²) in [6, 6.07) is 16.1. The molecule has 0 fully saturated rings. The van der Waals surface area contributed by atoms with Crippen molar-refractivity contribution in [2.45, 2.75) is 9.79 Å². The van der Waals surface area contributed by atoms with Crippen molar-refractivity contribution in [1.82, 2.24) is 0 Å². The van der Waals surface area contributed by atoms with E-state index in [1.165, 1.54) is 17.2 Å². The average molecular weight is 355 g/mol. The first-order valence-corrected chi connectivity index (χ1v) is 8.69. The van der Waals surface area contributed by atoms with Crippen LogP contribution in [0, 0.1) is 0 Å². The molecule has 0 spiro atoms. The molecule has 0 N–H and O–H groups in total. The number of thioether (sulfide) groups is 1. The van der Waals surface area contributed by atoms with E-state index in [1.807, 2.05) is 24.3 Å². The van der Waals surface area contributed by atoms with Crippen LogP contribution in [0.3, 0.4) is 0 Å². The molecule has 0 saturated carbocycles. The van der Waals surface area contributed by atoms with Crippen LogP contribution in [0.1, 0.15) is 0 Å². The van der Waals surface area contributed by atoms with Gasteiger partial charge in [-0.1, -0.05) is 45.9 Å². The lowest BCUT2D eigenvalue weighted by atomic mass is 10.4. The number of halogens is 1. The third-order valence-electron chi connectivity index (χ3n) is 2.32. The largest absolute Gasteiger partial charge is 0.219 e. The summed E-state index contributed by atoms with van der Waals surface area (Å²) in [5.74, 6) is 0. The Morgan fingerprint density at radius 3 is 2.21 bits per heavy atom. The minimum atomic E-state index is -3.35. The van der Waals surface area contributed by atoms with Gasteiger partial charge < -0.3 is 0 Å². The van der Waals surface area contributed by atoms with Crippen LogP contribution < -0.4 is 0 Å². The zero-order chi connectivity index (χ0) is 13.7. The van der Waals surface area contributed by atoms with Crippen molar-refractivity contribution in [3.8, 4) is 0 Å². The lowest BCUT2D eigenvalue weighted by Gasteiger charge is -1.98. The van der Waals surface area contributed by atoms with Gasteiger partial charge in [0.25, 0.3) is 0 Å². The quantitative estimate of drug-likeness (QED) is 0.758. The van der Waals surface area contributed by atoms with E-state index >= 15 is 0 Å². The van der Waals surface area contributed by atoms with Crippen LogP contribution in [0.5, 0.6) is 0 Å². The molecular formula is C14H11BrO2S2. The lowest BCUT2D eigenvalue weighted by Crippen LogP contribution is -1.94. The monoisotopic (exact) mass is 354 g/mol. The maximum atomic E-state index is 12.0. The molecule has 19 heavy (non-hydrogen) atoms. The van der Waals surface area contributed by atoms with Gasteiger partial charge in [-0.25, -0.2) is 8.42 Å². The van der Waals surface area contributed by atoms with Crippen LogP contribution in [-0.2, 0) is 9.84 Å². The van der Waals surface area contributed by atoms with Crippen LogP contribution in [0.25, 0.3) is 0 Å². The number of benzene rings is 2. The summed E-state index contributed by atoms with van der Waals surface area (Å²) in [6.07, 6.45) is 0. The Bertz CT molecular complexity index is 662. The summed E-state index contributed by atoms with van der Waals surface area (Å²) in [7, 11) is -3.35. The van der Waals surface area contributed by atoms with Crippen molar-refractivity contribution in [2.75, 3.05) is 0 Å². The third-order valence-corrected chi connectivity index (χ3v) is 5.27. The first kappa shape index (κ1) is 14.4. The van der Waals surface area contributed by atoms with Gasteiger partial charge in [-0.05, 0) is 41.8 Å². The van der Waals surface area contributed by atoms with E-state index in [4.69, 9.17) is 0 Å². The van der Waals surface area contributed by atoms with Crippen LogP contribution in [0.4, 0.5) is 0 Å². The van der Waals surface area contributed by atoms with Crippen LogP contribution in [-0.4, -0.2) is 8.42 Å². The van der Waals surface area contributed by atoms with Crippen LogP contribution >= 0.6 is 27.7 Å². The van der Waals surface area contributed by atoms with E-state index in [1.54, 1.807) is 35.7 Å². The van der Waals surface area contributed by atoms with E-state index in [2.05, 4.69) is 15.9 Å². The minimum absolute atomic E-state index is 0.308. The summed E-state index contributed by atoms with van der Waals surface area (Å²) < 4.78 is 24.9. The molecule has 0 saturated heterocycles. The number of hydrogen-bond acceptors (Lipinski definition) is 3. The van der Waals surface area contributed by atoms with Gasteiger partial charge in [0.05, 0.1) is 4.90 Å². The summed E-state index contributed by atoms with van der Waals surface area (Å²) in [6.45, 7) is 0. The molecule has 0 aliphatic rings. The van der Waals surface area contributed by atoms with E-state index in [-0.39, 0.29) is 0 Å². The SMILES string of the molecule is O=S(=O)(C=CSc1ccc(Br)cc1)c1ccccc1. The highest BCUT2D eigenvalue weighted by Crippen LogP contribution is 2.22. The molecule has 0 aliphatic carbocycles. The van der Waals surface area contributed by atoms with Crippen molar-refractivity contribution < 1.29 is 8.42 Å². The van der Waals surface area contributed by atoms with Gasteiger partial charge in [0.2, 0.25) is 0 Å². The maximum absolute atomic E-state index is 12.0. The van der Waals surface area contributed by atoms with Gasteiger partial charge in [0.1, 0.15) is 0 Å². The molecule has 98 valence electrons. The minimum Gasteiger partial charge on any atom is -0.219 e. The van der Waals surface area contributed by atoms with E-state index in [9.17, 15) is 8.42 Å². The Balaban J connectivity index is 2.09. The van der Waals surface area contributed by atoms with Gasteiger partial charge in [-0.3, -0.25) is 0 Å². The zero-order valence-electron chi connectivity index (χ0n) is 9.86. The standard InChI is InChI=1S/C14H11BrO2S2/c15-12-6-8-13(9-7-12)18-10-11-19(16,17)14-4-2-1-3-5-14/h1-11H. The molecule has 0 aromatic heterocycles. The van der Waals surface area contributed by atoms with E-state index in [0.717, 1.165) is 9.37 Å².